The molecule has 1 heterocycles. The number of aromatic nitrogens is 2. The average molecular weight is 271 g/mol. The summed E-state index contributed by atoms with van der Waals surface area (Å²) in [7, 11) is 0. The number of hydrogen-bond acceptors (Lipinski definition) is 2. The fourth-order valence-electron chi connectivity index (χ4n) is 2.11. The van der Waals surface area contributed by atoms with Gasteiger partial charge >= 0.3 is 0 Å². The van der Waals surface area contributed by atoms with E-state index >= 15 is 0 Å². The van der Waals surface area contributed by atoms with Crippen molar-refractivity contribution in [1.29, 1.82) is 0 Å². The fraction of sp³-hybridized carbons (Fsp3) is 0.471. The summed E-state index contributed by atoms with van der Waals surface area (Å²) in [6.07, 6.45) is 2.04. The second-order valence-corrected chi connectivity index (χ2v) is 5.88. The first-order chi connectivity index (χ1) is 9.56. The topological polar surface area (TPSA) is 29.9 Å². The smallest absolute Gasteiger partial charge is 0.0762 e. The zero-order chi connectivity index (χ0) is 14.5. The van der Waals surface area contributed by atoms with E-state index in [0.29, 0.717) is 12.0 Å². The molecule has 108 valence electrons. The van der Waals surface area contributed by atoms with Crippen molar-refractivity contribution in [2.45, 2.75) is 52.7 Å². The third-order valence-corrected chi connectivity index (χ3v) is 3.47. The molecule has 0 aliphatic rings. The van der Waals surface area contributed by atoms with Gasteiger partial charge in [0.2, 0.25) is 0 Å². The van der Waals surface area contributed by atoms with Crippen LogP contribution < -0.4 is 5.32 Å². The summed E-state index contributed by atoms with van der Waals surface area (Å²) in [4.78, 5) is 0. The summed E-state index contributed by atoms with van der Waals surface area (Å²) < 4.78 is 1.99. The van der Waals surface area contributed by atoms with Gasteiger partial charge < -0.3 is 5.32 Å². The van der Waals surface area contributed by atoms with Crippen LogP contribution in [0.4, 0.5) is 0 Å². The second-order valence-electron chi connectivity index (χ2n) is 5.88. The van der Waals surface area contributed by atoms with Gasteiger partial charge in [0.15, 0.2) is 0 Å². The van der Waals surface area contributed by atoms with Crippen molar-refractivity contribution < 1.29 is 0 Å². The van der Waals surface area contributed by atoms with Crippen molar-refractivity contribution >= 4 is 0 Å². The molecule has 0 saturated carbocycles. The van der Waals surface area contributed by atoms with E-state index in [1.54, 1.807) is 0 Å². The molecule has 1 aromatic carbocycles. The minimum atomic E-state index is 0.423. The highest BCUT2D eigenvalue weighted by atomic mass is 15.3. The molecule has 20 heavy (non-hydrogen) atoms. The maximum Gasteiger partial charge on any atom is 0.0762 e. The largest absolute Gasteiger partial charge is 0.307 e. The molecule has 3 nitrogen and oxygen atoms in total. The second kappa shape index (κ2) is 6.71. The molecule has 0 saturated heterocycles. The van der Waals surface area contributed by atoms with Gasteiger partial charge in [0.1, 0.15) is 0 Å². The number of nitrogens with zero attached hydrogens (tertiary/aromatic N) is 2. The molecule has 2 aromatic rings. The van der Waals surface area contributed by atoms with Gasteiger partial charge in [-0.1, -0.05) is 38.1 Å². The van der Waals surface area contributed by atoms with Gasteiger partial charge in [-0.05, 0) is 37.0 Å². The Labute approximate surface area is 122 Å². The lowest BCUT2D eigenvalue weighted by Crippen LogP contribution is -2.13. The lowest BCUT2D eigenvalue weighted by molar-refractivity contribution is 0.521. The highest BCUT2D eigenvalue weighted by Crippen LogP contribution is 2.14. The summed E-state index contributed by atoms with van der Waals surface area (Å²) in [6, 6.07) is 11.3. The van der Waals surface area contributed by atoms with Crippen LogP contribution in [0.2, 0.25) is 0 Å². The number of nitrogens with one attached hydrogen (secondary N) is 1. The summed E-state index contributed by atoms with van der Waals surface area (Å²) in [5.74, 6) is 0.594. The predicted octanol–water partition coefficient (Wildman–Crippen LogP) is 3.88. The Morgan fingerprint density at radius 1 is 1.00 bits per heavy atom. The van der Waals surface area contributed by atoms with Gasteiger partial charge in [0.25, 0.3) is 0 Å². The fourth-order valence-corrected chi connectivity index (χ4v) is 2.11. The van der Waals surface area contributed by atoms with Crippen molar-refractivity contribution in [3.63, 3.8) is 0 Å². The Morgan fingerprint density at radius 2 is 1.70 bits per heavy atom. The minimum absolute atomic E-state index is 0.423. The Kier molecular flexibility index (Phi) is 4.96. The summed E-state index contributed by atoms with van der Waals surface area (Å²) in [5, 5.41) is 7.98. The van der Waals surface area contributed by atoms with Crippen LogP contribution in [-0.2, 0) is 13.1 Å². The van der Waals surface area contributed by atoms with Gasteiger partial charge in [-0.15, -0.1) is 0 Å². The Bertz CT molecular complexity index is 523. The van der Waals surface area contributed by atoms with Crippen LogP contribution in [0.15, 0.2) is 36.5 Å². The minimum Gasteiger partial charge on any atom is -0.307 e. The monoisotopic (exact) mass is 271 g/mol. The third kappa shape index (κ3) is 3.94. The van der Waals surface area contributed by atoms with Crippen LogP contribution in [-0.4, -0.2) is 9.78 Å². The van der Waals surface area contributed by atoms with E-state index in [9.17, 15) is 0 Å². The molecule has 0 fully saturated rings. The lowest BCUT2D eigenvalue weighted by Gasteiger charge is -2.08. The zero-order valence-electron chi connectivity index (χ0n) is 12.9. The molecule has 3 heteroatoms. The van der Waals surface area contributed by atoms with Crippen LogP contribution >= 0.6 is 0 Å². The molecule has 0 atom stereocenters. The molecule has 0 unspecified atom stereocenters. The molecule has 1 N–H and O–H groups in total. The molecule has 2 rings (SSSR count). The van der Waals surface area contributed by atoms with Crippen LogP contribution in [0.25, 0.3) is 0 Å². The molecule has 0 bridgehead atoms. The Morgan fingerprint density at radius 3 is 2.25 bits per heavy atom. The van der Waals surface area contributed by atoms with Crippen LogP contribution in [0.3, 0.4) is 0 Å². The maximum absolute atomic E-state index is 4.53. The molecule has 1 aromatic heterocycles. The number of rotatable bonds is 6. The van der Waals surface area contributed by atoms with E-state index in [2.05, 4.69) is 68.4 Å². The average Bonchev–Trinajstić information content (AvgIpc) is 2.88. The zero-order valence-corrected chi connectivity index (χ0v) is 12.9. The lowest BCUT2D eigenvalue weighted by atomic mass is 10.0. The standard InChI is InChI=1S/C17H25N3/c1-13(2)16-7-5-15(6-8-16)11-18-12-17-9-10-20(19-17)14(3)4/h5-10,13-14,18H,11-12H2,1-4H3. The Hall–Kier alpha value is -1.61. The number of hydrogen-bond donors (Lipinski definition) is 1. The SMILES string of the molecule is CC(C)c1ccc(CNCc2ccn(C(C)C)n2)cc1. The molecule has 0 amide bonds. The maximum atomic E-state index is 4.53. The Balaban J connectivity index is 1.83. The van der Waals surface area contributed by atoms with E-state index in [0.717, 1.165) is 18.8 Å². The summed E-state index contributed by atoms with van der Waals surface area (Å²) >= 11 is 0. The van der Waals surface area contributed by atoms with Crippen molar-refractivity contribution in [3.05, 3.63) is 53.3 Å². The molecule has 0 radical (unpaired) electrons. The van der Waals surface area contributed by atoms with Crippen LogP contribution in [0, 0.1) is 0 Å². The normalized spacial score (nSPS) is 11.5. The molecular weight excluding hydrogens is 246 g/mol. The third-order valence-electron chi connectivity index (χ3n) is 3.47. The van der Waals surface area contributed by atoms with E-state index in [1.807, 2.05) is 10.9 Å². The molecule has 0 spiro atoms. The molecular formula is C17H25N3. The van der Waals surface area contributed by atoms with Crippen LogP contribution in [0.1, 0.15) is 56.5 Å². The van der Waals surface area contributed by atoms with Gasteiger partial charge in [0.05, 0.1) is 5.69 Å². The molecule has 0 aliphatic carbocycles. The first-order valence-corrected chi connectivity index (χ1v) is 7.40. The van der Waals surface area contributed by atoms with E-state index < -0.39 is 0 Å². The van der Waals surface area contributed by atoms with Crippen molar-refractivity contribution in [2.75, 3.05) is 0 Å². The van der Waals surface area contributed by atoms with Crippen LogP contribution in [0.5, 0.6) is 0 Å². The highest BCUT2D eigenvalue weighted by molar-refractivity contribution is 5.24. The molecule has 0 aliphatic heterocycles. The highest BCUT2D eigenvalue weighted by Gasteiger charge is 2.02. The van der Waals surface area contributed by atoms with Crippen molar-refractivity contribution in [1.82, 2.24) is 15.1 Å². The van der Waals surface area contributed by atoms with Gasteiger partial charge in [-0.3, -0.25) is 4.68 Å². The predicted molar refractivity (Wildman–Crippen MR) is 83.7 cm³/mol. The van der Waals surface area contributed by atoms with E-state index in [1.165, 1.54) is 11.1 Å². The van der Waals surface area contributed by atoms with E-state index in [4.69, 9.17) is 0 Å². The summed E-state index contributed by atoms with van der Waals surface area (Å²) in [5.41, 5.74) is 3.81. The number of benzene rings is 1. The van der Waals surface area contributed by atoms with Gasteiger partial charge in [-0.2, -0.15) is 5.10 Å². The van der Waals surface area contributed by atoms with Gasteiger partial charge in [0, 0.05) is 25.3 Å². The first-order valence-electron chi connectivity index (χ1n) is 7.40. The summed E-state index contributed by atoms with van der Waals surface area (Å²) in [6.45, 7) is 10.4. The quantitative estimate of drug-likeness (QED) is 0.864. The van der Waals surface area contributed by atoms with Crippen molar-refractivity contribution in [3.8, 4) is 0 Å². The van der Waals surface area contributed by atoms with Crippen molar-refractivity contribution in [2.24, 2.45) is 0 Å². The van der Waals surface area contributed by atoms with Gasteiger partial charge in [-0.25, -0.2) is 0 Å². The first kappa shape index (κ1) is 14.8. The van der Waals surface area contributed by atoms with E-state index in [-0.39, 0.29) is 0 Å².